The molecule has 0 rings (SSSR count). The molecule has 0 saturated heterocycles. The van der Waals surface area contributed by atoms with E-state index in [1.54, 1.807) is 6.08 Å². The molecule has 0 aromatic carbocycles. The van der Waals surface area contributed by atoms with Gasteiger partial charge < -0.3 is 5.32 Å². The highest BCUT2D eigenvalue weighted by atomic mass is 14.8. The van der Waals surface area contributed by atoms with Gasteiger partial charge in [0, 0.05) is 12.7 Å². The van der Waals surface area contributed by atoms with Crippen LogP contribution in [-0.2, 0) is 0 Å². The van der Waals surface area contributed by atoms with E-state index in [1.165, 1.54) is 5.57 Å². The van der Waals surface area contributed by atoms with E-state index in [2.05, 4.69) is 24.9 Å². The van der Waals surface area contributed by atoms with Crippen LogP contribution in [0.25, 0.3) is 0 Å². The van der Waals surface area contributed by atoms with Gasteiger partial charge in [-0.15, -0.1) is 0 Å². The average molecular weight is 151 g/mol. The van der Waals surface area contributed by atoms with Crippen molar-refractivity contribution in [1.29, 1.82) is 0 Å². The minimum absolute atomic E-state index is 1.05. The molecule has 0 fully saturated rings. The zero-order chi connectivity index (χ0) is 8.69. The van der Waals surface area contributed by atoms with Gasteiger partial charge in [0.1, 0.15) is 0 Å². The lowest BCUT2D eigenvalue weighted by molar-refractivity contribution is 0.951. The fourth-order valence-electron chi connectivity index (χ4n) is 1.02. The molecule has 0 aliphatic carbocycles. The lowest BCUT2D eigenvalue weighted by Gasteiger charge is -2.07. The molecule has 0 aliphatic rings. The van der Waals surface area contributed by atoms with Gasteiger partial charge in [-0.25, -0.2) is 0 Å². The molecule has 0 spiro atoms. The van der Waals surface area contributed by atoms with Gasteiger partial charge in [0.05, 0.1) is 0 Å². The van der Waals surface area contributed by atoms with Crippen LogP contribution in [0.1, 0.15) is 20.3 Å². The fraction of sp³-hybridized carbons (Fsp3) is 0.400. The molecule has 0 heterocycles. The molecule has 11 heavy (non-hydrogen) atoms. The first-order valence-corrected chi connectivity index (χ1v) is 3.96. The molecule has 0 saturated carbocycles. The Labute approximate surface area is 69.5 Å². The SMILES string of the molecule is C=C/C=C(NC)\C(=C/C)CC. The highest BCUT2D eigenvalue weighted by Crippen LogP contribution is 2.09. The van der Waals surface area contributed by atoms with Gasteiger partial charge in [-0.2, -0.15) is 0 Å². The largest absolute Gasteiger partial charge is 0.388 e. The van der Waals surface area contributed by atoms with E-state index in [9.17, 15) is 0 Å². The van der Waals surface area contributed by atoms with Crippen LogP contribution < -0.4 is 5.32 Å². The Morgan fingerprint density at radius 3 is 2.45 bits per heavy atom. The van der Waals surface area contributed by atoms with E-state index in [4.69, 9.17) is 0 Å². The first kappa shape index (κ1) is 10.0. The molecule has 0 aromatic rings. The van der Waals surface area contributed by atoms with Crippen LogP contribution >= 0.6 is 0 Å². The van der Waals surface area contributed by atoms with Crippen molar-refractivity contribution in [1.82, 2.24) is 5.32 Å². The number of rotatable bonds is 4. The maximum absolute atomic E-state index is 3.66. The van der Waals surface area contributed by atoms with Crippen molar-refractivity contribution in [2.24, 2.45) is 0 Å². The van der Waals surface area contributed by atoms with Gasteiger partial charge in [-0.05, 0) is 25.0 Å². The first-order valence-electron chi connectivity index (χ1n) is 3.96. The van der Waals surface area contributed by atoms with Crippen LogP contribution in [0.15, 0.2) is 36.1 Å². The van der Waals surface area contributed by atoms with E-state index in [-0.39, 0.29) is 0 Å². The zero-order valence-electron chi connectivity index (χ0n) is 7.65. The maximum atomic E-state index is 3.66. The number of likely N-dealkylation sites (N-methyl/N-ethyl adjacent to an activating group) is 1. The Morgan fingerprint density at radius 2 is 2.18 bits per heavy atom. The van der Waals surface area contributed by atoms with Crippen molar-refractivity contribution in [2.45, 2.75) is 20.3 Å². The Kier molecular flexibility index (Phi) is 5.26. The second kappa shape index (κ2) is 5.78. The second-order valence-corrected chi connectivity index (χ2v) is 2.23. The van der Waals surface area contributed by atoms with Crippen LogP contribution in [0.4, 0.5) is 0 Å². The quantitative estimate of drug-likeness (QED) is 0.609. The summed E-state index contributed by atoms with van der Waals surface area (Å²) >= 11 is 0. The van der Waals surface area contributed by atoms with Gasteiger partial charge in [0.15, 0.2) is 0 Å². The van der Waals surface area contributed by atoms with Gasteiger partial charge in [0.2, 0.25) is 0 Å². The lowest BCUT2D eigenvalue weighted by Crippen LogP contribution is -2.07. The van der Waals surface area contributed by atoms with E-state index in [0.29, 0.717) is 0 Å². The highest BCUT2D eigenvalue weighted by Gasteiger charge is 1.96. The monoisotopic (exact) mass is 151 g/mol. The Bertz CT molecular complexity index is 175. The van der Waals surface area contributed by atoms with Crippen molar-refractivity contribution >= 4 is 0 Å². The molecule has 1 heteroatoms. The summed E-state index contributed by atoms with van der Waals surface area (Å²) in [5, 5.41) is 3.13. The smallest absolute Gasteiger partial charge is 0.0366 e. The van der Waals surface area contributed by atoms with Gasteiger partial charge >= 0.3 is 0 Å². The van der Waals surface area contributed by atoms with Gasteiger partial charge in [-0.3, -0.25) is 0 Å². The van der Waals surface area contributed by atoms with E-state index in [1.807, 2.05) is 20.0 Å². The van der Waals surface area contributed by atoms with E-state index in [0.717, 1.165) is 12.1 Å². The number of nitrogens with one attached hydrogen (secondary N) is 1. The summed E-state index contributed by atoms with van der Waals surface area (Å²) < 4.78 is 0. The number of hydrogen-bond acceptors (Lipinski definition) is 1. The molecule has 0 amide bonds. The summed E-state index contributed by atoms with van der Waals surface area (Å²) in [6.07, 6.45) is 6.95. The molecular formula is C10H17N. The van der Waals surface area contributed by atoms with Crippen LogP contribution in [0.3, 0.4) is 0 Å². The third-order valence-electron chi connectivity index (χ3n) is 1.63. The maximum Gasteiger partial charge on any atom is 0.0366 e. The van der Waals surface area contributed by atoms with Crippen LogP contribution in [0.2, 0.25) is 0 Å². The van der Waals surface area contributed by atoms with Crippen molar-refractivity contribution in [3.05, 3.63) is 36.1 Å². The molecule has 0 aliphatic heterocycles. The molecule has 62 valence electrons. The van der Waals surface area contributed by atoms with Crippen molar-refractivity contribution < 1.29 is 0 Å². The molecule has 0 radical (unpaired) electrons. The highest BCUT2D eigenvalue weighted by molar-refractivity contribution is 5.30. The molecule has 0 aromatic heterocycles. The normalized spacial score (nSPS) is 13.0. The third-order valence-corrected chi connectivity index (χ3v) is 1.63. The first-order chi connectivity index (χ1) is 5.29. The number of allylic oxidation sites excluding steroid dienone is 4. The molecule has 0 bridgehead atoms. The summed E-state index contributed by atoms with van der Waals surface area (Å²) in [4.78, 5) is 0. The summed E-state index contributed by atoms with van der Waals surface area (Å²) in [6, 6.07) is 0. The standard InChI is InChI=1S/C10H17N/c1-5-8-10(11-4)9(6-2)7-3/h5-6,8,11H,1,7H2,2-4H3/b9-6-,10-8+. The van der Waals surface area contributed by atoms with Gasteiger partial charge in [0.25, 0.3) is 0 Å². The summed E-state index contributed by atoms with van der Waals surface area (Å²) in [5.74, 6) is 0. The van der Waals surface area contributed by atoms with Crippen molar-refractivity contribution in [3.8, 4) is 0 Å². The predicted octanol–water partition coefficient (Wildman–Crippen LogP) is 2.63. The average Bonchev–Trinajstić information content (AvgIpc) is 2.05. The predicted molar refractivity (Wildman–Crippen MR) is 51.4 cm³/mol. The van der Waals surface area contributed by atoms with Crippen LogP contribution in [0, 0.1) is 0 Å². The summed E-state index contributed by atoms with van der Waals surface area (Å²) in [6.45, 7) is 7.85. The van der Waals surface area contributed by atoms with Crippen LogP contribution in [-0.4, -0.2) is 7.05 Å². The van der Waals surface area contributed by atoms with E-state index >= 15 is 0 Å². The minimum atomic E-state index is 1.05. The molecule has 1 N–H and O–H groups in total. The van der Waals surface area contributed by atoms with Gasteiger partial charge in [-0.1, -0.05) is 25.7 Å². The van der Waals surface area contributed by atoms with Crippen molar-refractivity contribution in [2.75, 3.05) is 7.05 Å². The summed E-state index contributed by atoms with van der Waals surface area (Å²) in [5.41, 5.74) is 2.48. The lowest BCUT2D eigenvalue weighted by atomic mass is 10.1. The second-order valence-electron chi connectivity index (χ2n) is 2.23. The minimum Gasteiger partial charge on any atom is -0.388 e. The number of hydrogen-bond donors (Lipinski definition) is 1. The fourth-order valence-corrected chi connectivity index (χ4v) is 1.02. The van der Waals surface area contributed by atoms with E-state index < -0.39 is 0 Å². The van der Waals surface area contributed by atoms with Crippen molar-refractivity contribution in [3.63, 3.8) is 0 Å². The Balaban J connectivity index is 4.47. The van der Waals surface area contributed by atoms with Crippen LogP contribution in [0.5, 0.6) is 0 Å². The molecule has 1 nitrogen and oxygen atoms in total. The topological polar surface area (TPSA) is 12.0 Å². The third kappa shape index (κ3) is 3.08. The molecular weight excluding hydrogens is 134 g/mol. The Morgan fingerprint density at radius 1 is 1.55 bits per heavy atom. The Hall–Kier alpha value is -0.980. The molecule has 0 unspecified atom stereocenters. The molecule has 0 atom stereocenters. The zero-order valence-corrected chi connectivity index (χ0v) is 7.65. The summed E-state index contributed by atoms with van der Waals surface area (Å²) in [7, 11) is 1.93.